The first-order valence-corrected chi connectivity index (χ1v) is 6.56. The fourth-order valence-electron chi connectivity index (χ4n) is 2.06. The number of nitrogens with zero attached hydrogens (tertiary/aromatic N) is 2. The van der Waals surface area contributed by atoms with Crippen LogP contribution in [0.25, 0.3) is 11.4 Å². The quantitative estimate of drug-likeness (QED) is 0.722. The van der Waals surface area contributed by atoms with E-state index in [-0.39, 0.29) is 5.82 Å². The van der Waals surface area contributed by atoms with Crippen LogP contribution in [-0.2, 0) is 12.6 Å². The molecule has 0 saturated carbocycles. The van der Waals surface area contributed by atoms with Crippen molar-refractivity contribution in [2.24, 2.45) is 0 Å². The zero-order valence-electron chi connectivity index (χ0n) is 11.3. The van der Waals surface area contributed by atoms with Crippen molar-refractivity contribution in [2.75, 3.05) is 0 Å². The van der Waals surface area contributed by atoms with Gasteiger partial charge in [-0.05, 0) is 17.5 Å². The van der Waals surface area contributed by atoms with Gasteiger partial charge in [0.15, 0.2) is 0 Å². The van der Waals surface area contributed by atoms with Crippen LogP contribution in [0.1, 0.15) is 17.0 Å². The van der Waals surface area contributed by atoms with Crippen LogP contribution >= 0.6 is 0 Å². The van der Waals surface area contributed by atoms with Crippen molar-refractivity contribution in [1.82, 2.24) is 10.1 Å². The lowest BCUT2D eigenvalue weighted by Crippen LogP contribution is -2.04. The Morgan fingerprint density at radius 3 is 2.09 bits per heavy atom. The van der Waals surface area contributed by atoms with Gasteiger partial charge in [-0.15, -0.1) is 0 Å². The molecule has 22 heavy (non-hydrogen) atoms. The predicted molar refractivity (Wildman–Crippen MR) is 74.0 cm³/mol. The van der Waals surface area contributed by atoms with E-state index in [2.05, 4.69) is 14.7 Å². The molecule has 0 unspecified atom stereocenters. The molecule has 0 amide bonds. The molecule has 0 aliphatic heterocycles. The van der Waals surface area contributed by atoms with E-state index in [9.17, 15) is 13.2 Å². The van der Waals surface area contributed by atoms with E-state index in [0.29, 0.717) is 5.56 Å². The number of halogens is 3. The fraction of sp³-hybridized carbons (Fsp3) is 0.125. The van der Waals surface area contributed by atoms with Crippen molar-refractivity contribution in [1.29, 1.82) is 0 Å². The molecule has 112 valence electrons. The summed E-state index contributed by atoms with van der Waals surface area (Å²) in [6.07, 6.45) is -3.88. The highest BCUT2D eigenvalue weighted by molar-refractivity contribution is 5.54. The van der Waals surface area contributed by atoms with Crippen molar-refractivity contribution in [3.05, 3.63) is 71.6 Å². The summed E-state index contributed by atoms with van der Waals surface area (Å²) in [6.45, 7) is 0. The van der Waals surface area contributed by atoms with Crippen molar-refractivity contribution < 1.29 is 17.7 Å². The second-order valence-electron chi connectivity index (χ2n) is 4.78. The van der Waals surface area contributed by atoms with Gasteiger partial charge in [-0.1, -0.05) is 59.8 Å². The zero-order chi connectivity index (χ0) is 15.6. The minimum absolute atomic E-state index is 0.0708. The Bertz CT molecular complexity index is 749. The number of hydrogen-bond acceptors (Lipinski definition) is 3. The lowest BCUT2D eigenvalue weighted by molar-refractivity contribution is -0.159. The monoisotopic (exact) mass is 304 g/mol. The first kappa shape index (κ1) is 14.3. The molecule has 2 aromatic carbocycles. The average molecular weight is 304 g/mol. The van der Waals surface area contributed by atoms with Crippen molar-refractivity contribution in [3.63, 3.8) is 0 Å². The predicted octanol–water partition coefficient (Wildman–Crippen LogP) is 4.35. The number of rotatable bonds is 3. The molecule has 0 bridgehead atoms. The topological polar surface area (TPSA) is 38.9 Å². The average Bonchev–Trinajstić information content (AvgIpc) is 2.99. The van der Waals surface area contributed by atoms with Crippen LogP contribution in [-0.4, -0.2) is 10.1 Å². The number of hydrogen-bond donors (Lipinski definition) is 0. The van der Waals surface area contributed by atoms with Crippen LogP contribution in [0.5, 0.6) is 0 Å². The number of alkyl halides is 3. The van der Waals surface area contributed by atoms with Gasteiger partial charge in [0, 0.05) is 5.56 Å². The molecule has 3 aromatic rings. The molecule has 6 heteroatoms. The van der Waals surface area contributed by atoms with Gasteiger partial charge >= 0.3 is 12.1 Å². The third kappa shape index (κ3) is 3.16. The Kier molecular flexibility index (Phi) is 3.66. The van der Waals surface area contributed by atoms with Gasteiger partial charge in [-0.2, -0.15) is 18.2 Å². The second-order valence-corrected chi connectivity index (χ2v) is 4.78. The third-order valence-electron chi connectivity index (χ3n) is 3.13. The van der Waals surface area contributed by atoms with Crippen molar-refractivity contribution in [2.45, 2.75) is 12.6 Å². The molecule has 3 nitrogen and oxygen atoms in total. The Morgan fingerprint density at radius 1 is 0.864 bits per heavy atom. The third-order valence-corrected chi connectivity index (χ3v) is 3.13. The maximum absolute atomic E-state index is 12.4. The Labute approximate surface area is 124 Å². The van der Waals surface area contributed by atoms with E-state index in [1.54, 1.807) is 12.1 Å². The van der Waals surface area contributed by atoms with Gasteiger partial charge in [-0.3, -0.25) is 0 Å². The summed E-state index contributed by atoms with van der Waals surface area (Å²) in [5.74, 6) is -1.41. The van der Waals surface area contributed by atoms with Gasteiger partial charge < -0.3 is 4.52 Å². The molecule has 0 atom stereocenters. The molecular weight excluding hydrogens is 293 g/mol. The van der Waals surface area contributed by atoms with E-state index in [4.69, 9.17) is 0 Å². The van der Waals surface area contributed by atoms with E-state index < -0.39 is 12.1 Å². The van der Waals surface area contributed by atoms with Crippen molar-refractivity contribution in [3.8, 4) is 11.4 Å². The van der Waals surface area contributed by atoms with Crippen LogP contribution < -0.4 is 0 Å². The van der Waals surface area contributed by atoms with Gasteiger partial charge in [0.25, 0.3) is 0 Å². The maximum Gasteiger partial charge on any atom is 0.471 e. The molecule has 0 radical (unpaired) electrons. The summed E-state index contributed by atoms with van der Waals surface area (Å²) in [6, 6.07) is 16.9. The molecule has 0 saturated heterocycles. The summed E-state index contributed by atoms with van der Waals surface area (Å²) >= 11 is 0. The van der Waals surface area contributed by atoms with Crippen LogP contribution in [0.15, 0.2) is 59.1 Å². The zero-order valence-corrected chi connectivity index (χ0v) is 11.3. The summed E-state index contributed by atoms with van der Waals surface area (Å²) in [4.78, 5) is 3.36. The van der Waals surface area contributed by atoms with Crippen molar-refractivity contribution >= 4 is 0 Å². The summed E-state index contributed by atoms with van der Waals surface area (Å²) in [5.41, 5.74) is 2.69. The fourth-order valence-corrected chi connectivity index (χ4v) is 2.06. The van der Waals surface area contributed by atoms with Crippen LogP contribution in [0.2, 0.25) is 0 Å². The molecular formula is C16H11F3N2O. The van der Waals surface area contributed by atoms with E-state index in [0.717, 1.165) is 17.5 Å². The molecule has 1 heterocycles. The van der Waals surface area contributed by atoms with Crippen LogP contribution in [0.4, 0.5) is 13.2 Å². The van der Waals surface area contributed by atoms with Crippen LogP contribution in [0, 0.1) is 0 Å². The lowest BCUT2D eigenvalue weighted by atomic mass is 10.0. The Morgan fingerprint density at radius 2 is 1.50 bits per heavy atom. The molecule has 1 aromatic heterocycles. The van der Waals surface area contributed by atoms with Gasteiger partial charge in [0.1, 0.15) is 0 Å². The molecule has 3 rings (SSSR count). The first-order valence-electron chi connectivity index (χ1n) is 6.56. The number of aromatic nitrogens is 2. The standard InChI is InChI=1S/C16H11F3N2O/c17-16(18,19)15-20-14(21-22-15)13-8-6-12(7-9-13)10-11-4-2-1-3-5-11/h1-9H,10H2. The molecule has 0 fully saturated rings. The van der Waals surface area contributed by atoms with E-state index in [1.165, 1.54) is 0 Å². The minimum atomic E-state index is -4.63. The smallest absolute Gasteiger partial charge is 0.329 e. The minimum Gasteiger partial charge on any atom is -0.329 e. The van der Waals surface area contributed by atoms with Gasteiger partial charge in [0.2, 0.25) is 5.82 Å². The highest BCUT2D eigenvalue weighted by Crippen LogP contribution is 2.29. The molecule has 0 aliphatic carbocycles. The highest BCUT2D eigenvalue weighted by Gasteiger charge is 2.38. The second kappa shape index (κ2) is 5.63. The summed E-state index contributed by atoms with van der Waals surface area (Å²) in [5, 5.41) is 3.36. The van der Waals surface area contributed by atoms with E-state index in [1.807, 2.05) is 42.5 Å². The summed E-state index contributed by atoms with van der Waals surface area (Å²) < 4.78 is 41.5. The first-order chi connectivity index (χ1) is 10.5. The number of benzene rings is 2. The molecule has 0 N–H and O–H groups in total. The van der Waals surface area contributed by atoms with Gasteiger partial charge in [-0.25, -0.2) is 0 Å². The normalized spacial score (nSPS) is 11.6. The maximum atomic E-state index is 12.4. The van der Waals surface area contributed by atoms with E-state index >= 15 is 0 Å². The molecule has 0 aliphatic rings. The Hall–Kier alpha value is -2.63. The molecule has 0 spiro atoms. The highest BCUT2D eigenvalue weighted by atomic mass is 19.4. The Balaban J connectivity index is 1.78. The van der Waals surface area contributed by atoms with Gasteiger partial charge in [0.05, 0.1) is 0 Å². The van der Waals surface area contributed by atoms with Crippen LogP contribution in [0.3, 0.4) is 0 Å². The SMILES string of the molecule is FC(F)(F)c1nc(-c2ccc(Cc3ccccc3)cc2)no1. The lowest BCUT2D eigenvalue weighted by Gasteiger charge is -2.02. The summed E-state index contributed by atoms with van der Waals surface area (Å²) in [7, 11) is 0. The largest absolute Gasteiger partial charge is 0.471 e.